The zero-order valence-corrected chi connectivity index (χ0v) is 14.6. The van der Waals surface area contributed by atoms with Gasteiger partial charge in [-0.25, -0.2) is 4.79 Å². The van der Waals surface area contributed by atoms with Crippen LogP contribution in [-0.4, -0.2) is 42.7 Å². The third-order valence-corrected chi connectivity index (χ3v) is 3.61. The Bertz CT molecular complexity index is 730. The van der Waals surface area contributed by atoms with Crippen molar-refractivity contribution < 1.29 is 24.5 Å². The number of esters is 1. The number of benzene rings is 2. The number of carbonyl (C=O) groups excluding carboxylic acids is 1. The van der Waals surface area contributed by atoms with Gasteiger partial charge in [-0.3, -0.25) is 5.32 Å². The van der Waals surface area contributed by atoms with Crippen molar-refractivity contribution in [1.29, 1.82) is 0 Å². The van der Waals surface area contributed by atoms with Crippen LogP contribution in [0.25, 0.3) is 6.08 Å². The topological polar surface area (TPSA) is 88.0 Å². The van der Waals surface area contributed by atoms with E-state index in [1.807, 2.05) is 30.3 Å². The van der Waals surface area contributed by atoms with Crippen LogP contribution in [0.4, 0.5) is 0 Å². The first-order valence-corrected chi connectivity index (χ1v) is 8.25. The van der Waals surface area contributed by atoms with E-state index in [9.17, 15) is 15.0 Å². The highest BCUT2D eigenvalue weighted by Gasteiger charge is 2.13. The lowest BCUT2D eigenvalue weighted by Gasteiger charge is -2.18. The molecule has 2 aromatic carbocycles. The Hall–Kier alpha value is -2.83. The van der Waals surface area contributed by atoms with Crippen molar-refractivity contribution in [3.05, 3.63) is 65.7 Å². The standard InChI is InChI=1S/C20H23NO5/c1-25-12-11-21-19(13-15-5-3-2-4-6-15)26-20(24)10-8-16-7-9-17(22)14-18(16)23/h2-10,14,19,21-23H,11-13H2,1H3/b10-8+. The summed E-state index contributed by atoms with van der Waals surface area (Å²) in [5.41, 5.74) is 1.45. The van der Waals surface area contributed by atoms with E-state index in [2.05, 4.69) is 5.32 Å². The molecule has 138 valence electrons. The molecule has 0 saturated carbocycles. The van der Waals surface area contributed by atoms with Gasteiger partial charge in [-0.05, 0) is 23.8 Å². The van der Waals surface area contributed by atoms with Crippen molar-refractivity contribution in [3.63, 3.8) is 0 Å². The molecule has 0 heterocycles. The average Bonchev–Trinajstić information content (AvgIpc) is 2.62. The smallest absolute Gasteiger partial charge is 0.332 e. The van der Waals surface area contributed by atoms with Crippen LogP contribution in [0.2, 0.25) is 0 Å². The van der Waals surface area contributed by atoms with E-state index in [4.69, 9.17) is 9.47 Å². The minimum absolute atomic E-state index is 0.0486. The quantitative estimate of drug-likeness (QED) is 0.277. The van der Waals surface area contributed by atoms with Crippen molar-refractivity contribution in [3.8, 4) is 11.5 Å². The normalized spacial score (nSPS) is 12.2. The summed E-state index contributed by atoms with van der Waals surface area (Å²) < 4.78 is 10.5. The molecule has 0 aromatic heterocycles. The van der Waals surface area contributed by atoms with Gasteiger partial charge in [0.25, 0.3) is 0 Å². The summed E-state index contributed by atoms with van der Waals surface area (Å²) in [4.78, 5) is 12.1. The van der Waals surface area contributed by atoms with Gasteiger partial charge in [0.2, 0.25) is 0 Å². The lowest BCUT2D eigenvalue weighted by Crippen LogP contribution is -2.37. The molecule has 2 aromatic rings. The van der Waals surface area contributed by atoms with E-state index in [1.165, 1.54) is 30.4 Å². The SMILES string of the molecule is COCCNC(Cc1ccccc1)OC(=O)/C=C/c1ccc(O)cc1O. The second-order valence-corrected chi connectivity index (χ2v) is 5.64. The number of methoxy groups -OCH3 is 1. The summed E-state index contributed by atoms with van der Waals surface area (Å²) >= 11 is 0. The van der Waals surface area contributed by atoms with Crippen LogP contribution < -0.4 is 5.32 Å². The Morgan fingerprint density at radius 1 is 1.19 bits per heavy atom. The molecule has 3 N–H and O–H groups in total. The van der Waals surface area contributed by atoms with Gasteiger partial charge in [0.05, 0.1) is 6.61 Å². The molecule has 0 amide bonds. The number of rotatable bonds is 9. The molecule has 0 aliphatic heterocycles. The number of phenols is 2. The maximum atomic E-state index is 12.1. The zero-order valence-electron chi connectivity index (χ0n) is 14.6. The van der Waals surface area contributed by atoms with Gasteiger partial charge in [-0.15, -0.1) is 0 Å². The molecule has 26 heavy (non-hydrogen) atoms. The molecule has 0 radical (unpaired) electrons. The largest absolute Gasteiger partial charge is 0.508 e. The van der Waals surface area contributed by atoms with Crippen molar-refractivity contribution >= 4 is 12.0 Å². The molecular formula is C20H23NO5. The Kier molecular flexibility index (Phi) is 7.67. The number of ether oxygens (including phenoxy) is 2. The first kappa shape index (κ1) is 19.5. The van der Waals surface area contributed by atoms with Crippen LogP contribution in [0.5, 0.6) is 11.5 Å². The van der Waals surface area contributed by atoms with E-state index in [1.54, 1.807) is 7.11 Å². The molecular weight excluding hydrogens is 334 g/mol. The van der Waals surface area contributed by atoms with E-state index in [0.717, 1.165) is 5.56 Å². The summed E-state index contributed by atoms with van der Waals surface area (Å²) in [7, 11) is 1.60. The predicted octanol–water partition coefficient (Wildman–Crippen LogP) is 2.46. The first-order valence-electron chi connectivity index (χ1n) is 8.25. The van der Waals surface area contributed by atoms with Crippen LogP contribution in [0.15, 0.2) is 54.6 Å². The van der Waals surface area contributed by atoms with Crippen LogP contribution in [0.1, 0.15) is 11.1 Å². The first-order chi connectivity index (χ1) is 12.6. The number of aromatic hydroxyl groups is 2. The van der Waals surface area contributed by atoms with Gasteiger partial charge in [0.1, 0.15) is 11.5 Å². The van der Waals surface area contributed by atoms with E-state index in [-0.39, 0.29) is 11.5 Å². The highest BCUT2D eigenvalue weighted by atomic mass is 16.6. The maximum Gasteiger partial charge on any atom is 0.332 e. The molecule has 0 aliphatic carbocycles. The minimum Gasteiger partial charge on any atom is -0.508 e. The van der Waals surface area contributed by atoms with Gasteiger partial charge in [-0.1, -0.05) is 30.3 Å². The van der Waals surface area contributed by atoms with Gasteiger partial charge < -0.3 is 19.7 Å². The fraction of sp³-hybridized carbons (Fsp3) is 0.250. The summed E-state index contributed by atoms with van der Waals surface area (Å²) in [5.74, 6) is -0.705. The monoisotopic (exact) mass is 357 g/mol. The third kappa shape index (κ3) is 6.58. The molecule has 6 heteroatoms. The minimum atomic E-state index is -0.539. The average molecular weight is 357 g/mol. The lowest BCUT2D eigenvalue weighted by molar-refractivity contribution is -0.144. The Morgan fingerprint density at radius 3 is 2.65 bits per heavy atom. The molecule has 0 spiro atoms. The van der Waals surface area contributed by atoms with Gasteiger partial charge in [-0.2, -0.15) is 0 Å². The molecule has 0 saturated heterocycles. The summed E-state index contributed by atoms with van der Waals surface area (Å²) in [6, 6.07) is 13.8. The van der Waals surface area contributed by atoms with Crippen LogP contribution in [-0.2, 0) is 20.7 Å². The van der Waals surface area contributed by atoms with Crippen molar-refractivity contribution in [2.24, 2.45) is 0 Å². The van der Waals surface area contributed by atoms with Crippen molar-refractivity contribution in [2.75, 3.05) is 20.3 Å². The van der Waals surface area contributed by atoms with Gasteiger partial charge in [0.15, 0.2) is 6.23 Å². The van der Waals surface area contributed by atoms with Crippen molar-refractivity contribution in [1.82, 2.24) is 5.32 Å². The lowest BCUT2D eigenvalue weighted by atomic mass is 10.1. The molecule has 6 nitrogen and oxygen atoms in total. The Balaban J connectivity index is 1.98. The molecule has 0 fully saturated rings. The summed E-state index contributed by atoms with van der Waals surface area (Å²) in [6.07, 6.45) is 2.70. The molecule has 2 rings (SSSR count). The predicted molar refractivity (Wildman–Crippen MR) is 98.7 cm³/mol. The van der Waals surface area contributed by atoms with Crippen molar-refractivity contribution in [2.45, 2.75) is 12.6 Å². The molecule has 0 bridgehead atoms. The molecule has 0 aliphatic rings. The Labute approximate surface area is 152 Å². The van der Waals surface area contributed by atoms with Crippen LogP contribution in [0.3, 0.4) is 0 Å². The summed E-state index contributed by atoms with van der Waals surface area (Å²) in [6.45, 7) is 1.05. The van der Waals surface area contributed by atoms with E-state index in [0.29, 0.717) is 25.1 Å². The molecule has 1 unspecified atom stereocenters. The number of phenolic OH excluding ortho intramolecular Hbond substituents is 2. The van der Waals surface area contributed by atoms with Crippen LogP contribution in [0, 0.1) is 0 Å². The number of nitrogens with one attached hydrogen (secondary N) is 1. The van der Waals surface area contributed by atoms with E-state index < -0.39 is 12.2 Å². The maximum absolute atomic E-state index is 12.1. The number of hydrogen-bond donors (Lipinski definition) is 3. The fourth-order valence-corrected chi connectivity index (χ4v) is 2.32. The van der Waals surface area contributed by atoms with Crippen LogP contribution >= 0.6 is 0 Å². The number of carbonyl (C=O) groups is 1. The second-order valence-electron chi connectivity index (χ2n) is 5.64. The Morgan fingerprint density at radius 2 is 1.96 bits per heavy atom. The summed E-state index contributed by atoms with van der Waals surface area (Å²) in [5, 5.41) is 22.1. The van der Waals surface area contributed by atoms with Gasteiger partial charge in [0, 0.05) is 37.8 Å². The second kappa shape index (κ2) is 10.2. The zero-order chi connectivity index (χ0) is 18.8. The number of hydrogen-bond acceptors (Lipinski definition) is 6. The highest BCUT2D eigenvalue weighted by molar-refractivity contribution is 5.87. The fourth-order valence-electron chi connectivity index (χ4n) is 2.32. The van der Waals surface area contributed by atoms with Gasteiger partial charge >= 0.3 is 5.97 Å². The van der Waals surface area contributed by atoms with E-state index >= 15 is 0 Å². The highest BCUT2D eigenvalue weighted by Crippen LogP contribution is 2.23. The third-order valence-electron chi connectivity index (χ3n) is 3.61. The molecule has 1 atom stereocenters.